The van der Waals surface area contributed by atoms with Crippen LogP contribution in [-0.4, -0.2) is 37.0 Å². The topological polar surface area (TPSA) is 75.1 Å². The summed E-state index contributed by atoms with van der Waals surface area (Å²) in [5.74, 6) is 0.556. The molecular weight excluding hydrogens is 468 g/mol. The summed E-state index contributed by atoms with van der Waals surface area (Å²) in [6.07, 6.45) is 5.30. The second-order valence-electron chi connectivity index (χ2n) is 7.81. The molecule has 1 aliphatic heterocycles. The number of carbonyl (C=O) groups is 1. The molecule has 1 amide bonds. The summed E-state index contributed by atoms with van der Waals surface area (Å²) in [5.41, 5.74) is 2.49. The molecule has 0 saturated carbocycles. The van der Waals surface area contributed by atoms with Crippen LogP contribution in [0.25, 0.3) is 5.82 Å². The first kappa shape index (κ1) is 22.1. The van der Waals surface area contributed by atoms with Crippen molar-refractivity contribution >= 4 is 40.5 Å². The van der Waals surface area contributed by atoms with Gasteiger partial charge in [0.15, 0.2) is 5.11 Å². The molecule has 2 N–H and O–H groups in total. The molecule has 0 bridgehead atoms. The average Bonchev–Trinajstić information content (AvgIpc) is 3.45. The SMILES string of the molecule is O=C(CN1C(=S)N[C@@H](c2ccccn2)[C@@H]1c1cccn1-c1ccc(Cl)cn1)Nc1ccccc1. The lowest BCUT2D eigenvalue weighted by molar-refractivity contribution is -0.116. The van der Waals surface area contributed by atoms with E-state index in [1.54, 1.807) is 18.5 Å². The van der Waals surface area contributed by atoms with Crippen LogP contribution in [0.4, 0.5) is 5.69 Å². The molecule has 4 aromatic rings. The van der Waals surface area contributed by atoms with Gasteiger partial charge in [0.1, 0.15) is 12.4 Å². The van der Waals surface area contributed by atoms with Crippen LogP contribution in [0.1, 0.15) is 23.5 Å². The number of hydrogen-bond acceptors (Lipinski definition) is 4. The monoisotopic (exact) mass is 488 g/mol. The molecule has 0 radical (unpaired) electrons. The standard InChI is InChI=1S/C25H21ClN6OS/c26-17-11-12-21(28-15-17)31-14-6-10-20(31)24-23(19-9-4-5-13-27-19)30-25(34)32(24)16-22(33)29-18-7-2-1-3-8-18/h1-15,23-24H,16H2,(H,29,33)(H,30,34)/t23-,24-/m0/s1. The largest absolute Gasteiger partial charge is 0.352 e. The average molecular weight is 489 g/mol. The number of para-hydroxylation sites is 1. The zero-order chi connectivity index (χ0) is 23.5. The van der Waals surface area contributed by atoms with Crippen LogP contribution < -0.4 is 10.6 Å². The van der Waals surface area contributed by atoms with Crippen LogP contribution in [0, 0.1) is 0 Å². The molecule has 34 heavy (non-hydrogen) atoms. The van der Waals surface area contributed by atoms with Crippen LogP contribution in [0.5, 0.6) is 0 Å². The van der Waals surface area contributed by atoms with Gasteiger partial charge < -0.3 is 20.1 Å². The van der Waals surface area contributed by atoms with E-state index in [-0.39, 0.29) is 24.5 Å². The molecule has 9 heteroatoms. The van der Waals surface area contributed by atoms with Crippen molar-refractivity contribution in [3.8, 4) is 5.82 Å². The number of thiocarbonyl (C=S) groups is 1. The van der Waals surface area contributed by atoms with Crippen molar-refractivity contribution in [2.75, 3.05) is 11.9 Å². The number of anilines is 1. The minimum absolute atomic E-state index is 0.0773. The first-order valence-corrected chi connectivity index (χ1v) is 11.5. The van der Waals surface area contributed by atoms with Crippen molar-refractivity contribution in [2.24, 2.45) is 0 Å². The van der Waals surface area contributed by atoms with E-state index >= 15 is 0 Å². The first-order chi connectivity index (χ1) is 16.6. The predicted octanol–water partition coefficient (Wildman–Crippen LogP) is 4.53. The molecule has 0 aliphatic carbocycles. The zero-order valence-electron chi connectivity index (χ0n) is 18.0. The molecule has 5 rings (SSSR count). The Morgan fingerprint density at radius 2 is 1.85 bits per heavy atom. The quantitative estimate of drug-likeness (QED) is 0.388. The second-order valence-corrected chi connectivity index (χ2v) is 8.63. The van der Waals surface area contributed by atoms with Gasteiger partial charge >= 0.3 is 0 Å². The Labute approximate surface area is 207 Å². The molecule has 0 unspecified atom stereocenters. The second kappa shape index (κ2) is 9.62. The Balaban J connectivity index is 1.51. The van der Waals surface area contributed by atoms with E-state index in [0.29, 0.717) is 10.1 Å². The molecule has 1 saturated heterocycles. The number of rotatable bonds is 6. The molecule has 3 aromatic heterocycles. The van der Waals surface area contributed by atoms with E-state index in [4.69, 9.17) is 23.8 Å². The minimum atomic E-state index is -0.295. The maximum atomic E-state index is 13.0. The van der Waals surface area contributed by atoms with Gasteiger partial charge in [-0.25, -0.2) is 4.98 Å². The summed E-state index contributed by atoms with van der Waals surface area (Å²) < 4.78 is 1.98. The Kier molecular flexibility index (Phi) is 6.24. The van der Waals surface area contributed by atoms with Crippen molar-refractivity contribution in [1.82, 2.24) is 24.8 Å². The van der Waals surface area contributed by atoms with E-state index in [2.05, 4.69) is 20.6 Å². The summed E-state index contributed by atoms with van der Waals surface area (Å²) in [4.78, 5) is 23.9. The molecule has 170 valence electrons. The zero-order valence-corrected chi connectivity index (χ0v) is 19.6. The van der Waals surface area contributed by atoms with Gasteiger partial charge in [0.25, 0.3) is 0 Å². The number of pyridine rings is 2. The molecular formula is C25H21ClN6OS. The highest BCUT2D eigenvalue weighted by Gasteiger charge is 2.42. The van der Waals surface area contributed by atoms with Crippen molar-refractivity contribution in [3.63, 3.8) is 0 Å². The number of nitrogens with one attached hydrogen (secondary N) is 2. The first-order valence-electron chi connectivity index (χ1n) is 10.7. The Bertz CT molecular complexity index is 1300. The number of hydrogen-bond donors (Lipinski definition) is 2. The van der Waals surface area contributed by atoms with Gasteiger partial charge in [-0.2, -0.15) is 0 Å². The van der Waals surface area contributed by atoms with Gasteiger partial charge in [0.05, 0.1) is 22.8 Å². The number of nitrogens with zero attached hydrogens (tertiary/aromatic N) is 4. The van der Waals surface area contributed by atoms with Crippen molar-refractivity contribution in [2.45, 2.75) is 12.1 Å². The summed E-state index contributed by atoms with van der Waals surface area (Å²) in [6.45, 7) is 0.0773. The number of aromatic nitrogens is 3. The number of carbonyl (C=O) groups excluding carboxylic acids is 1. The lowest BCUT2D eigenvalue weighted by Crippen LogP contribution is -2.37. The van der Waals surface area contributed by atoms with E-state index < -0.39 is 0 Å². The highest BCUT2D eigenvalue weighted by Crippen LogP contribution is 2.39. The van der Waals surface area contributed by atoms with Gasteiger partial charge in [-0.15, -0.1) is 0 Å². The van der Waals surface area contributed by atoms with Gasteiger partial charge in [0, 0.05) is 30.0 Å². The molecule has 1 aliphatic rings. The maximum absolute atomic E-state index is 13.0. The van der Waals surface area contributed by atoms with Crippen molar-refractivity contribution in [1.29, 1.82) is 0 Å². The molecule has 1 fully saturated rings. The summed E-state index contributed by atoms with van der Waals surface area (Å²) in [7, 11) is 0. The Hall–Kier alpha value is -3.75. The number of benzene rings is 1. The van der Waals surface area contributed by atoms with Gasteiger partial charge in [-0.3, -0.25) is 9.78 Å². The van der Waals surface area contributed by atoms with Gasteiger partial charge in [0.2, 0.25) is 5.91 Å². The smallest absolute Gasteiger partial charge is 0.244 e. The maximum Gasteiger partial charge on any atom is 0.244 e. The van der Waals surface area contributed by atoms with Crippen LogP contribution >= 0.6 is 23.8 Å². The fourth-order valence-corrected chi connectivity index (χ4v) is 4.55. The normalized spacial score (nSPS) is 17.4. The van der Waals surface area contributed by atoms with Crippen LogP contribution in [0.3, 0.4) is 0 Å². The molecule has 4 heterocycles. The van der Waals surface area contributed by atoms with Crippen LogP contribution in [-0.2, 0) is 4.79 Å². The Morgan fingerprint density at radius 3 is 2.59 bits per heavy atom. The Morgan fingerprint density at radius 1 is 1.03 bits per heavy atom. The van der Waals surface area contributed by atoms with E-state index in [1.807, 2.05) is 82.4 Å². The summed E-state index contributed by atoms with van der Waals surface area (Å²) in [6, 6.07) is 22.2. The number of amides is 1. The summed E-state index contributed by atoms with van der Waals surface area (Å²) in [5, 5.41) is 7.37. The lowest BCUT2D eigenvalue weighted by atomic mass is 10.0. The third-order valence-electron chi connectivity index (χ3n) is 5.61. The van der Waals surface area contributed by atoms with E-state index in [0.717, 1.165) is 22.9 Å². The molecule has 1 aromatic carbocycles. The molecule has 0 spiro atoms. The highest BCUT2D eigenvalue weighted by atomic mass is 35.5. The van der Waals surface area contributed by atoms with Crippen LogP contribution in [0.15, 0.2) is 91.4 Å². The number of halogens is 1. The van der Waals surface area contributed by atoms with Gasteiger partial charge in [-0.05, 0) is 60.7 Å². The van der Waals surface area contributed by atoms with E-state index in [9.17, 15) is 4.79 Å². The lowest BCUT2D eigenvalue weighted by Gasteiger charge is -2.28. The highest BCUT2D eigenvalue weighted by molar-refractivity contribution is 7.80. The third-order valence-corrected chi connectivity index (χ3v) is 6.19. The van der Waals surface area contributed by atoms with Gasteiger partial charge in [-0.1, -0.05) is 35.9 Å². The molecule has 7 nitrogen and oxygen atoms in total. The van der Waals surface area contributed by atoms with Crippen molar-refractivity contribution < 1.29 is 4.79 Å². The van der Waals surface area contributed by atoms with E-state index in [1.165, 1.54) is 0 Å². The molecule has 2 atom stereocenters. The minimum Gasteiger partial charge on any atom is -0.352 e. The fraction of sp³-hybridized carbons (Fsp3) is 0.120. The fourth-order valence-electron chi connectivity index (χ4n) is 4.13. The van der Waals surface area contributed by atoms with Crippen LogP contribution in [0.2, 0.25) is 5.02 Å². The third kappa shape index (κ3) is 4.50. The van der Waals surface area contributed by atoms with Crippen molar-refractivity contribution in [3.05, 3.63) is 108 Å². The summed E-state index contributed by atoms with van der Waals surface area (Å²) >= 11 is 11.7. The predicted molar refractivity (Wildman–Crippen MR) is 136 cm³/mol.